The van der Waals surface area contributed by atoms with Gasteiger partial charge in [-0.15, -0.1) is 0 Å². The fourth-order valence-electron chi connectivity index (χ4n) is 3.42. The van der Waals surface area contributed by atoms with E-state index in [1.807, 2.05) is 0 Å². The van der Waals surface area contributed by atoms with Crippen molar-refractivity contribution >= 4 is 44.8 Å². The molecule has 2 aromatic rings. The van der Waals surface area contributed by atoms with E-state index in [0.717, 1.165) is 35.6 Å². The predicted molar refractivity (Wildman–Crippen MR) is 127 cm³/mol. The summed E-state index contributed by atoms with van der Waals surface area (Å²) in [5.74, 6) is -1.32. The number of carbonyl (C=O) groups is 1. The van der Waals surface area contributed by atoms with Gasteiger partial charge in [0.05, 0.1) is 32.4 Å². The summed E-state index contributed by atoms with van der Waals surface area (Å²) < 4.78 is 87.2. The number of amides is 1. The number of nitrogens with one attached hydrogen (secondary N) is 1. The van der Waals surface area contributed by atoms with Gasteiger partial charge in [0.25, 0.3) is 15.9 Å². The van der Waals surface area contributed by atoms with E-state index in [9.17, 15) is 30.8 Å². The minimum atomic E-state index is -4.91. The van der Waals surface area contributed by atoms with Gasteiger partial charge in [0.1, 0.15) is 17.8 Å². The van der Waals surface area contributed by atoms with Crippen molar-refractivity contribution in [3.8, 4) is 0 Å². The Morgan fingerprint density at radius 2 is 1.95 bits per heavy atom. The molecule has 0 saturated carbocycles. The van der Waals surface area contributed by atoms with E-state index in [-0.39, 0.29) is 16.4 Å². The molecule has 7 nitrogen and oxygen atoms in total. The van der Waals surface area contributed by atoms with Gasteiger partial charge in [-0.3, -0.25) is 14.4 Å². The van der Waals surface area contributed by atoms with Crippen LogP contribution in [0.4, 0.5) is 23.2 Å². The number of pyridine rings is 1. The topological polar surface area (TPSA) is 88.6 Å². The summed E-state index contributed by atoms with van der Waals surface area (Å²) in [6.45, 7) is 0. The number of carbonyl (C=O) groups excluding carboxylic acids is 1. The smallest absolute Gasteiger partial charge is 0.417 e. The first-order valence-electron chi connectivity index (χ1n) is 10.4. The number of nitrogens with zero attached hydrogens (tertiary/aromatic N) is 2. The second-order valence-corrected chi connectivity index (χ2v) is 10.2. The maximum absolute atomic E-state index is 14.2. The van der Waals surface area contributed by atoms with Gasteiger partial charge in [0, 0.05) is 18.0 Å². The van der Waals surface area contributed by atoms with Gasteiger partial charge < -0.3 is 4.74 Å². The van der Waals surface area contributed by atoms with Crippen LogP contribution in [0.3, 0.4) is 0 Å². The van der Waals surface area contributed by atoms with Crippen molar-refractivity contribution in [3.05, 3.63) is 99.7 Å². The van der Waals surface area contributed by atoms with Gasteiger partial charge in [-0.25, -0.2) is 17.8 Å². The number of allylic oxidation sites excluding steroid dienone is 4. The molecule has 194 valence electrons. The maximum atomic E-state index is 14.2. The molecule has 1 amide bonds. The van der Waals surface area contributed by atoms with Crippen LogP contribution in [0.1, 0.15) is 28.9 Å². The van der Waals surface area contributed by atoms with Crippen molar-refractivity contribution in [2.75, 3.05) is 4.72 Å². The van der Waals surface area contributed by atoms with Crippen LogP contribution >= 0.6 is 23.2 Å². The number of halogens is 6. The van der Waals surface area contributed by atoms with Crippen LogP contribution in [-0.2, 0) is 20.9 Å². The standard InChI is InChI=1S/C23H15Cl2F4N3O4S/c24-13-9-19(31-37(34,35)14-5-6-17(25)16(10-14)23(27,28)29)21(30-11-13)22(33)32-7-8-36-20(12-32)15-3-1-2-4-18(15)26/h2,4-12,31H,1,3H2. The molecule has 14 heteroatoms. The highest BCUT2D eigenvalue weighted by molar-refractivity contribution is 7.92. The molecule has 0 saturated heterocycles. The number of benzene rings is 1. The third kappa shape index (κ3) is 5.81. The molecule has 2 heterocycles. The lowest BCUT2D eigenvalue weighted by Gasteiger charge is -2.23. The molecule has 1 aromatic heterocycles. The van der Waals surface area contributed by atoms with Crippen molar-refractivity contribution in [3.63, 3.8) is 0 Å². The minimum absolute atomic E-state index is 0.0590. The third-order valence-corrected chi connectivity index (χ3v) is 7.07. The second-order valence-electron chi connectivity index (χ2n) is 7.67. The number of anilines is 1. The molecule has 1 N–H and O–H groups in total. The Hall–Kier alpha value is -3.35. The number of hydrogen-bond acceptors (Lipinski definition) is 5. The summed E-state index contributed by atoms with van der Waals surface area (Å²) in [7, 11) is -4.65. The lowest BCUT2D eigenvalue weighted by molar-refractivity contribution is -0.137. The number of rotatable bonds is 5. The Morgan fingerprint density at radius 3 is 2.65 bits per heavy atom. The van der Waals surface area contributed by atoms with Crippen molar-refractivity contribution in [2.45, 2.75) is 23.9 Å². The molecule has 37 heavy (non-hydrogen) atoms. The Balaban J connectivity index is 1.68. The van der Waals surface area contributed by atoms with E-state index < -0.39 is 54.8 Å². The highest BCUT2D eigenvalue weighted by atomic mass is 35.5. The lowest BCUT2D eigenvalue weighted by atomic mass is 10.0. The highest BCUT2D eigenvalue weighted by Crippen LogP contribution is 2.36. The molecular weight excluding hydrogens is 561 g/mol. The summed E-state index contributed by atoms with van der Waals surface area (Å²) >= 11 is 11.5. The third-order valence-electron chi connectivity index (χ3n) is 5.17. The molecule has 0 bridgehead atoms. The second kappa shape index (κ2) is 10.2. The van der Waals surface area contributed by atoms with E-state index in [1.54, 1.807) is 6.08 Å². The van der Waals surface area contributed by atoms with Gasteiger partial charge >= 0.3 is 6.18 Å². The van der Waals surface area contributed by atoms with Crippen LogP contribution in [0.25, 0.3) is 0 Å². The molecule has 0 radical (unpaired) electrons. The van der Waals surface area contributed by atoms with Crippen molar-refractivity contribution in [2.24, 2.45) is 0 Å². The molecule has 0 fully saturated rings. The SMILES string of the molecule is O=C(c1ncc(Cl)cc1NS(=O)(=O)c1ccc(Cl)c(C(F)(F)F)c1)N1C=COC(C2=C(F)C=CCC2)=C1. The van der Waals surface area contributed by atoms with E-state index in [0.29, 0.717) is 18.9 Å². The lowest BCUT2D eigenvalue weighted by Crippen LogP contribution is -2.26. The molecule has 0 atom stereocenters. The van der Waals surface area contributed by atoms with Crippen LogP contribution in [-0.4, -0.2) is 24.2 Å². The summed E-state index contributed by atoms with van der Waals surface area (Å²) in [5.41, 5.74) is -1.95. The Morgan fingerprint density at radius 1 is 1.19 bits per heavy atom. The highest BCUT2D eigenvalue weighted by Gasteiger charge is 2.35. The molecule has 1 aromatic carbocycles. The number of ether oxygens (including phenoxy) is 1. The zero-order valence-corrected chi connectivity index (χ0v) is 20.7. The number of hydrogen-bond donors (Lipinski definition) is 1. The summed E-state index contributed by atoms with van der Waals surface area (Å²) in [6.07, 6.45) is 3.54. The molecule has 0 unspecified atom stereocenters. The average Bonchev–Trinajstić information content (AvgIpc) is 2.83. The normalized spacial score (nSPS) is 15.9. The molecule has 1 aliphatic heterocycles. The van der Waals surface area contributed by atoms with Gasteiger partial charge in [-0.1, -0.05) is 29.3 Å². The van der Waals surface area contributed by atoms with Crippen molar-refractivity contribution in [1.82, 2.24) is 9.88 Å². The first-order chi connectivity index (χ1) is 17.4. The number of sulfonamides is 1. The largest absolute Gasteiger partial charge is 0.462 e. The van der Waals surface area contributed by atoms with E-state index in [1.165, 1.54) is 18.5 Å². The van der Waals surface area contributed by atoms with Crippen LogP contribution in [0.2, 0.25) is 10.0 Å². The van der Waals surface area contributed by atoms with Crippen LogP contribution in [0.5, 0.6) is 0 Å². The number of aromatic nitrogens is 1. The summed E-state index contributed by atoms with van der Waals surface area (Å²) in [5, 5.41) is -0.746. The zero-order chi connectivity index (χ0) is 27.0. The van der Waals surface area contributed by atoms with Crippen LogP contribution in [0.15, 0.2) is 83.3 Å². The predicted octanol–water partition coefficient (Wildman–Crippen LogP) is 6.57. The molecule has 1 aliphatic carbocycles. The molecule has 2 aliphatic rings. The van der Waals surface area contributed by atoms with E-state index in [2.05, 4.69) is 9.71 Å². The fourth-order valence-corrected chi connectivity index (χ4v) is 4.89. The van der Waals surface area contributed by atoms with Crippen molar-refractivity contribution in [1.29, 1.82) is 0 Å². The summed E-state index contributed by atoms with van der Waals surface area (Å²) in [6, 6.07) is 3.11. The zero-order valence-electron chi connectivity index (χ0n) is 18.4. The molecule has 4 rings (SSSR count). The number of alkyl halides is 3. The Bertz CT molecular complexity index is 1500. The quantitative estimate of drug-likeness (QED) is 0.407. The molecular formula is C23H15Cl2F4N3O4S. The first-order valence-corrected chi connectivity index (χ1v) is 12.6. The van der Waals surface area contributed by atoms with E-state index in [4.69, 9.17) is 27.9 Å². The molecule has 0 spiro atoms. The maximum Gasteiger partial charge on any atom is 0.417 e. The van der Waals surface area contributed by atoms with Gasteiger partial charge in [-0.2, -0.15) is 13.2 Å². The van der Waals surface area contributed by atoms with Crippen LogP contribution in [0, 0.1) is 0 Å². The van der Waals surface area contributed by atoms with Gasteiger partial charge in [0.15, 0.2) is 5.69 Å². The minimum Gasteiger partial charge on any atom is -0.462 e. The van der Waals surface area contributed by atoms with Gasteiger partial charge in [0.2, 0.25) is 0 Å². The average molecular weight is 576 g/mol. The Labute approximate surface area is 218 Å². The Kier molecular flexibility index (Phi) is 7.36. The van der Waals surface area contributed by atoms with Crippen LogP contribution < -0.4 is 4.72 Å². The van der Waals surface area contributed by atoms with Crippen molar-refractivity contribution < 1.29 is 35.5 Å². The van der Waals surface area contributed by atoms with E-state index >= 15 is 0 Å². The summed E-state index contributed by atoms with van der Waals surface area (Å²) in [4.78, 5) is 17.4. The monoisotopic (exact) mass is 575 g/mol. The fraction of sp³-hybridized carbons (Fsp3) is 0.130. The first kappa shape index (κ1) is 26.7. The van der Waals surface area contributed by atoms with Gasteiger partial charge in [-0.05, 0) is 43.2 Å².